The Morgan fingerprint density at radius 3 is 2.50 bits per heavy atom. The highest BCUT2D eigenvalue weighted by atomic mass is 32.2. The summed E-state index contributed by atoms with van der Waals surface area (Å²) < 4.78 is 25.4. The van der Waals surface area contributed by atoms with Crippen LogP contribution in [0.1, 0.15) is 15.9 Å². The van der Waals surface area contributed by atoms with Gasteiger partial charge in [-0.05, 0) is 54.1 Å². The topological polar surface area (TPSA) is 129 Å². The van der Waals surface area contributed by atoms with Crippen molar-refractivity contribution >= 4 is 27.3 Å². The third kappa shape index (κ3) is 4.00. The smallest absolute Gasteiger partial charge is 0.322 e. The molecule has 9 nitrogen and oxygen atoms in total. The van der Waals surface area contributed by atoms with Crippen LogP contribution in [0.3, 0.4) is 0 Å². The third-order valence-electron chi connectivity index (χ3n) is 4.45. The summed E-state index contributed by atoms with van der Waals surface area (Å²) in [6.45, 7) is 0.243. The number of hydrogen-bond acceptors (Lipinski definition) is 5. The molecule has 30 heavy (non-hydrogen) atoms. The number of pyridine rings is 1. The molecule has 152 valence electrons. The average molecular weight is 423 g/mol. The number of primary sulfonamides is 1. The van der Waals surface area contributed by atoms with E-state index in [1.807, 2.05) is 6.07 Å². The number of anilines is 1. The van der Waals surface area contributed by atoms with Crippen LogP contribution in [0.4, 0.5) is 5.69 Å². The molecule has 0 bridgehead atoms. The van der Waals surface area contributed by atoms with Crippen molar-refractivity contribution in [1.29, 1.82) is 0 Å². The number of benzene rings is 2. The highest BCUT2D eigenvalue weighted by molar-refractivity contribution is 7.89. The second kappa shape index (κ2) is 7.58. The van der Waals surface area contributed by atoms with Crippen molar-refractivity contribution in [3.63, 3.8) is 0 Å². The van der Waals surface area contributed by atoms with Gasteiger partial charge in [-0.3, -0.25) is 9.20 Å². The molecule has 1 amide bonds. The fraction of sp³-hybridized carbons (Fsp3) is 0.0500. The number of aromatic nitrogens is 3. The van der Waals surface area contributed by atoms with Gasteiger partial charge in [0.1, 0.15) is 0 Å². The van der Waals surface area contributed by atoms with Gasteiger partial charge in [0.25, 0.3) is 5.91 Å². The Morgan fingerprint density at radius 2 is 1.80 bits per heavy atom. The summed E-state index contributed by atoms with van der Waals surface area (Å²) in [6, 6.07) is 17.7. The normalized spacial score (nSPS) is 11.5. The van der Waals surface area contributed by atoms with Crippen LogP contribution < -0.4 is 16.1 Å². The van der Waals surface area contributed by atoms with E-state index in [-0.39, 0.29) is 22.7 Å². The number of rotatable bonds is 5. The van der Waals surface area contributed by atoms with Gasteiger partial charge >= 0.3 is 5.69 Å². The number of nitrogens with two attached hydrogens (primary N) is 1. The lowest BCUT2D eigenvalue weighted by atomic mass is 10.1. The van der Waals surface area contributed by atoms with E-state index in [0.717, 1.165) is 5.56 Å². The molecule has 0 fully saturated rings. The van der Waals surface area contributed by atoms with Crippen LogP contribution in [0, 0.1) is 0 Å². The second-order valence-electron chi connectivity index (χ2n) is 6.59. The largest absolute Gasteiger partial charge is 0.350 e. The van der Waals surface area contributed by atoms with Crippen LogP contribution in [-0.2, 0) is 16.6 Å². The quantitative estimate of drug-likeness (QED) is 0.502. The number of amides is 1. The Balaban J connectivity index is 1.52. The molecule has 0 atom stereocenters. The Morgan fingerprint density at radius 1 is 1.03 bits per heavy atom. The Labute approximate surface area is 171 Å². The minimum atomic E-state index is -3.82. The molecule has 3 N–H and O–H groups in total. The van der Waals surface area contributed by atoms with Crippen LogP contribution in [0.25, 0.3) is 5.65 Å². The molecular weight excluding hydrogens is 406 g/mol. The average Bonchev–Trinajstić information content (AvgIpc) is 3.03. The van der Waals surface area contributed by atoms with Gasteiger partial charge in [0, 0.05) is 17.4 Å². The maximum absolute atomic E-state index is 12.5. The maximum atomic E-state index is 12.5. The number of carbonyl (C=O) groups excluding carboxylic acids is 1. The monoisotopic (exact) mass is 423 g/mol. The van der Waals surface area contributed by atoms with Gasteiger partial charge in [-0.2, -0.15) is 0 Å². The number of fused-ring (bicyclic) bond motifs is 1. The first-order valence-corrected chi connectivity index (χ1v) is 10.4. The van der Waals surface area contributed by atoms with Crippen molar-refractivity contribution in [1.82, 2.24) is 14.2 Å². The van der Waals surface area contributed by atoms with Gasteiger partial charge in [0.05, 0.1) is 11.4 Å². The molecule has 4 rings (SSSR count). The van der Waals surface area contributed by atoms with Crippen molar-refractivity contribution in [3.05, 3.63) is 94.5 Å². The summed E-state index contributed by atoms with van der Waals surface area (Å²) in [5, 5.41) is 12.1. The lowest BCUT2D eigenvalue weighted by Gasteiger charge is -2.08. The van der Waals surface area contributed by atoms with E-state index in [4.69, 9.17) is 5.14 Å². The van der Waals surface area contributed by atoms with Gasteiger partial charge < -0.3 is 5.32 Å². The highest BCUT2D eigenvalue weighted by Gasteiger charge is 2.11. The van der Waals surface area contributed by atoms with Gasteiger partial charge in [-0.15, -0.1) is 5.10 Å². The number of hydrogen-bond donors (Lipinski definition) is 2. The summed E-state index contributed by atoms with van der Waals surface area (Å²) in [5.41, 5.74) is 1.89. The number of carbonyl (C=O) groups is 1. The van der Waals surface area contributed by atoms with Crippen LogP contribution in [0.5, 0.6) is 0 Å². The Kier molecular flexibility index (Phi) is 4.94. The fourth-order valence-corrected chi connectivity index (χ4v) is 3.51. The van der Waals surface area contributed by atoms with Crippen LogP contribution in [-0.4, -0.2) is 28.5 Å². The summed E-state index contributed by atoms with van der Waals surface area (Å²) in [4.78, 5) is 24.8. The first kappa shape index (κ1) is 19.6. The summed E-state index contributed by atoms with van der Waals surface area (Å²) in [7, 11) is -3.82. The second-order valence-corrected chi connectivity index (χ2v) is 8.15. The first-order chi connectivity index (χ1) is 14.3. The lowest BCUT2D eigenvalue weighted by Crippen LogP contribution is -2.21. The predicted molar refractivity (Wildman–Crippen MR) is 111 cm³/mol. The molecule has 2 heterocycles. The molecule has 0 aliphatic carbocycles. The molecule has 0 unspecified atom stereocenters. The van der Waals surface area contributed by atoms with Crippen LogP contribution in [0.15, 0.2) is 82.6 Å². The number of nitrogens with one attached hydrogen (secondary N) is 1. The molecule has 0 spiro atoms. The van der Waals surface area contributed by atoms with E-state index < -0.39 is 15.9 Å². The van der Waals surface area contributed by atoms with Crippen LogP contribution >= 0.6 is 0 Å². The van der Waals surface area contributed by atoms with Crippen LogP contribution in [0.2, 0.25) is 0 Å². The summed E-state index contributed by atoms with van der Waals surface area (Å²) in [6.07, 6.45) is 1.65. The molecule has 4 aromatic rings. The SMILES string of the molecule is NS(=O)(=O)c1ccc(C(=O)Nc2cccc(Cn3nc4ccccn4c3=O)c2)cc1. The van der Waals surface area contributed by atoms with Gasteiger partial charge in [-0.25, -0.2) is 23.0 Å². The molecule has 10 heteroatoms. The van der Waals surface area contributed by atoms with Crippen molar-refractivity contribution in [3.8, 4) is 0 Å². The molecule has 0 aliphatic rings. The third-order valence-corrected chi connectivity index (χ3v) is 5.38. The number of sulfonamides is 1. The highest BCUT2D eigenvalue weighted by Crippen LogP contribution is 2.14. The Bertz CT molecular complexity index is 1410. The minimum absolute atomic E-state index is 0.0704. The summed E-state index contributed by atoms with van der Waals surface area (Å²) >= 11 is 0. The van der Waals surface area contributed by atoms with E-state index in [2.05, 4.69) is 10.4 Å². The standard InChI is InChI=1S/C20H17N5O4S/c21-30(28,29)17-9-7-15(8-10-17)19(26)22-16-5-3-4-14(12-16)13-25-20(27)24-11-2-1-6-18(24)23-25/h1-12H,13H2,(H,22,26)(H2,21,28,29). The van der Waals surface area contributed by atoms with Crippen molar-refractivity contribution in [2.24, 2.45) is 5.14 Å². The molecule has 2 aromatic carbocycles. The number of nitrogens with zero attached hydrogens (tertiary/aromatic N) is 3. The van der Waals surface area contributed by atoms with E-state index in [0.29, 0.717) is 11.3 Å². The zero-order valence-electron chi connectivity index (χ0n) is 15.6. The van der Waals surface area contributed by atoms with Gasteiger partial charge in [0.2, 0.25) is 10.0 Å². The van der Waals surface area contributed by atoms with E-state index in [1.54, 1.807) is 42.6 Å². The molecule has 0 radical (unpaired) electrons. The van der Waals surface area contributed by atoms with Crippen molar-refractivity contribution in [2.75, 3.05) is 5.32 Å². The molecule has 0 saturated carbocycles. The van der Waals surface area contributed by atoms with Gasteiger partial charge in [0.15, 0.2) is 5.65 Å². The first-order valence-electron chi connectivity index (χ1n) is 8.89. The lowest BCUT2D eigenvalue weighted by molar-refractivity contribution is 0.102. The van der Waals surface area contributed by atoms with Crippen molar-refractivity contribution < 1.29 is 13.2 Å². The van der Waals surface area contributed by atoms with Gasteiger partial charge in [-0.1, -0.05) is 18.2 Å². The zero-order chi connectivity index (χ0) is 21.3. The molecular formula is C20H17N5O4S. The zero-order valence-corrected chi connectivity index (χ0v) is 16.4. The molecule has 0 saturated heterocycles. The fourth-order valence-electron chi connectivity index (χ4n) is 2.99. The van der Waals surface area contributed by atoms with Crippen molar-refractivity contribution in [2.45, 2.75) is 11.4 Å². The van der Waals surface area contributed by atoms with E-state index in [9.17, 15) is 18.0 Å². The predicted octanol–water partition coefficient (Wildman–Crippen LogP) is 1.44. The van der Waals surface area contributed by atoms with E-state index >= 15 is 0 Å². The minimum Gasteiger partial charge on any atom is -0.322 e. The maximum Gasteiger partial charge on any atom is 0.350 e. The molecule has 2 aromatic heterocycles. The molecule has 0 aliphatic heterocycles. The summed E-state index contributed by atoms with van der Waals surface area (Å²) in [5.74, 6) is -0.405. The Hall–Kier alpha value is -3.76. The van der Waals surface area contributed by atoms with E-state index in [1.165, 1.54) is 33.3 Å².